The van der Waals surface area contributed by atoms with Gasteiger partial charge >= 0.3 is 5.97 Å². The fourth-order valence-corrected chi connectivity index (χ4v) is 4.89. The number of fused-ring (bicyclic) bond motifs is 4. The SMILES string of the molecule is CC(C)(C)[C@@H]1CC2=C(Cc3cc(C4CC4)ccc32)c2cc(=O)c(C(=O)O)cn21. The van der Waals surface area contributed by atoms with E-state index in [1.165, 1.54) is 40.7 Å². The summed E-state index contributed by atoms with van der Waals surface area (Å²) in [5, 5.41) is 9.45. The molecule has 0 saturated heterocycles. The number of nitrogens with zero attached hydrogens (tertiary/aromatic N) is 1. The molecular formula is C24H25NO3. The Bertz CT molecular complexity index is 1110. The second kappa shape index (κ2) is 5.69. The molecule has 1 saturated carbocycles. The fourth-order valence-electron chi connectivity index (χ4n) is 4.89. The van der Waals surface area contributed by atoms with Gasteiger partial charge in [-0.15, -0.1) is 0 Å². The van der Waals surface area contributed by atoms with Crippen LogP contribution in [0.25, 0.3) is 11.1 Å². The molecule has 1 aromatic heterocycles. The zero-order valence-corrected chi connectivity index (χ0v) is 16.6. The van der Waals surface area contributed by atoms with Crippen LogP contribution in [-0.4, -0.2) is 15.6 Å². The van der Waals surface area contributed by atoms with Crippen molar-refractivity contribution in [3.8, 4) is 0 Å². The highest BCUT2D eigenvalue weighted by Gasteiger charge is 2.38. The fraction of sp³-hybridized carbons (Fsp3) is 0.417. The molecule has 1 N–H and O–H groups in total. The van der Waals surface area contributed by atoms with Gasteiger partial charge in [-0.05, 0) is 58.4 Å². The quantitative estimate of drug-likeness (QED) is 0.814. The van der Waals surface area contributed by atoms with Gasteiger partial charge in [0.15, 0.2) is 5.43 Å². The smallest absolute Gasteiger partial charge is 0.341 e. The Balaban J connectivity index is 1.69. The van der Waals surface area contributed by atoms with Crippen molar-refractivity contribution in [3.05, 3.63) is 68.6 Å². The Morgan fingerprint density at radius 3 is 2.54 bits per heavy atom. The normalized spacial score (nSPS) is 20.6. The van der Waals surface area contributed by atoms with Gasteiger partial charge < -0.3 is 9.67 Å². The van der Waals surface area contributed by atoms with Crippen LogP contribution in [0.2, 0.25) is 0 Å². The van der Waals surface area contributed by atoms with Gasteiger partial charge in [0.1, 0.15) is 5.56 Å². The molecule has 1 aliphatic heterocycles. The van der Waals surface area contributed by atoms with E-state index in [2.05, 4.69) is 43.5 Å². The van der Waals surface area contributed by atoms with Crippen molar-refractivity contribution >= 4 is 17.1 Å². The molecule has 0 amide bonds. The van der Waals surface area contributed by atoms with Crippen LogP contribution in [-0.2, 0) is 6.42 Å². The Labute approximate surface area is 164 Å². The minimum absolute atomic E-state index is 0.0607. The number of aromatic nitrogens is 1. The molecule has 1 atom stereocenters. The predicted molar refractivity (Wildman–Crippen MR) is 110 cm³/mol. The third-order valence-electron chi connectivity index (χ3n) is 6.59. The highest BCUT2D eigenvalue weighted by molar-refractivity contribution is 5.98. The largest absolute Gasteiger partial charge is 0.477 e. The van der Waals surface area contributed by atoms with Crippen LogP contribution >= 0.6 is 0 Å². The maximum absolute atomic E-state index is 12.5. The molecule has 0 bridgehead atoms. The molecule has 4 nitrogen and oxygen atoms in total. The van der Waals surface area contributed by atoms with Crippen molar-refractivity contribution in [1.29, 1.82) is 0 Å². The molecule has 28 heavy (non-hydrogen) atoms. The molecule has 0 spiro atoms. The summed E-state index contributed by atoms with van der Waals surface area (Å²) in [6.07, 6.45) is 5.83. The third-order valence-corrected chi connectivity index (χ3v) is 6.59. The first-order valence-electron chi connectivity index (χ1n) is 10.1. The number of aromatic carboxylic acids is 1. The molecule has 2 heterocycles. The minimum atomic E-state index is -1.16. The molecule has 0 radical (unpaired) electrons. The molecule has 2 aromatic rings. The Kier molecular flexibility index (Phi) is 3.55. The number of rotatable bonds is 2. The molecule has 3 aliphatic rings. The molecule has 144 valence electrons. The van der Waals surface area contributed by atoms with E-state index in [0.29, 0.717) is 0 Å². The summed E-state index contributed by atoms with van der Waals surface area (Å²) < 4.78 is 2.05. The maximum Gasteiger partial charge on any atom is 0.341 e. The topological polar surface area (TPSA) is 59.3 Å². The summed E-state index contributed by atoms with van der Waals surface area (Å²) in [4.78, 5) is 24.0. The number of allylic oxidation sites excluding steroid dienone is 2. The average Bonchev–Trinajstić information content (AvgIpc) is 3.40. The van der Waals surface area contributed by atoms with Crippen LogP contribution in [0.5, 0.6) is 0 Å². The van der Waals surface area contributed by atoms with Gasteiger partial charge in [0.05, 0.1) is 0 Å². The lowest BCUT2D eigenvalue weighted by Gasteiger charge is -2.39. The van der Waals surface area contributed by atoms with Gasteiger partial charge in [-0.1, -0.05) is 39.0 Å². The zero-order valence-electron chi connectivity index (χ0n) is 16.6. The number of benzene rings is 1. The van der Waals surface area contributed by atoms with E-state index in [0.717, 1.165) is 24.5 Å². The molecule has 1 fully saturated rings. The summed E-state index contributed by atoms with van der Waals surface area (Å²) >= 11 is 0. The van der Waals surface area contributed by atoms with Crippen molar-refractivity contribution in [3.63, 3.8) is 0 Å². The van der Waals surface area contributed by atoms with Gasteiger partial charge in [0.25, 0.3) is 0 Å². The minimum Gasteiger partial charge on any atom is -0.477 e. The highest BCUT2D eigenvalue weighted by atomic mass is 16.4. The van der Waals surface area contributed by atoms with Gasteiger partial charge in [-0.25, -0.2) is 4.79 Å². The summed E-state index contributed by atoms with van der Waals surface area (Å²) in [5.41, 5.74) is 6.90. The highest BCUT2D eigenvalue weighted by Crippen LogP contribution is 2.51. The molecule has 4 heteroatoms. The lowest BCUT2D eigenvalue weighted by molar-refractivity contribution is 0.0693. The average molecular weight is 375 g/mol. The molecule has 1 aromatic carbocycles. The van der Waals surface area contributed by atoms with Crippen molar-refractivity contribution in [2.24, 2.45) is 5.41 Å². The van der Waals surface area contributed by atoms with Gasteiger partial charge in [0.2, 0.25) is 0 Å². The van der Waals surface area contributed by atoms with Crippen molar-refractivity contribution in [2.75, 3.05) is 0 Å². The molecule has 0 unspecified atom stereocenters. The number of carbonyl (C=O) groups is 1. The Hall–Kier alpha value is -2.62. The summed E-state index contributed by atoms with van der Waals surface area (Å²) in [6.45, 7) is 6.53. The number of carboxylic acid groups (broad SMARTS) is 1. The molecule has 2 aliphatic carbocycles. The van der Waals surface area contributed by atoms with E-state index in [1.54, 1.807) is 12.3 Å². The Morgan fingerprint density at radius 2 is 1.89 bits per heavy atom. The van der Waals surface area contributed by atoms with Gasteiger partial charge in [-0.2, -0.15) is 0 Å². The van der Waals surface area contributed by atoms with E-state index in [1.807, 2.05) is 0 Å². The summed E-state index contributed by atoms with van der Waals surface area (Å²) in [5.74, 6) is -0.435. The van der Waals surface area contributed by atoms with Crippen LogP contribution in [0, 0.1) is 5.41 Å². The monoisotopic (exact) mass is 375 g/mol. The first-order chi connectivity index (χ1) is 13.2. The first kappa shape index (κ1) is 17.5. The zero-order chi connectivity index (χ0) is 19.8. The van der Waals surface area contributed by atoms with Crippen LogP contribution in [0.15, 0.2) is 35.3 Å². The maximum atomic E-state index is 12.5. The first-order valence-corrected chi connectivity index (χ1v) is 10.1. The number of carboxylic acids is 1. The van der Waals surface area contributed by atoms with Crippen molar-refractivity contribution in [2.45, 2.75) is 58.4 Å². The standard InChI is InChI=1S/C24H25NO3/c1-24(2,3)22-10-17-16-7-6-14(13-4-5-13)8-15(16)9-18(17)20-11-21(26)19(23(27)28)12-25(20)22/h6-8,11-13,22H,4-5,9-10H2,1-3H3,(H,27,28)/t22-/m0/s1. The van der Waals surface area contributed by atoms with Gasteiger partial charge in [0, 0.05) is 30.4 Å². The van der Waals surface area contributed by atoms with Crippen molar-refractivity contribution < 1.29 is 9.90 Å². The van der Waals surface area contributed by atoms with E-state index in [-0.39, 0.29) is 17.0 Å². The summed E-state index contributed by atoms with van der Waals surface area (Å²) in [6, 6.07) is 8.54. The molecule has 5 rings (SSSR count). The van der Waals surface area contributed by atoms with Crippen molar-refractivity contribution in [1.82, 2.24) is 4.57 Å². The number of hydrogen-bond acceptors (Lipinski definition) is 2. The number of hydrogen-bond donors (Lipinski definition) is 1. The van der Waals surface area contributed by atoms with E-state index >= 15 is 0 Å². The van der Waals surface area contributed by atoms with Crippen LogP contribution in [0.4, 0.5) is 0 Å². The Morgan fingerprint density at radius 1 is 1.14 bits per heavy atom. The van der Waals surface area contributed by atoms with E-state index in [9.17, 15) is 14.7 Å². The lowest BCUT2D eigenvalue weighted by atomic mass is 9.78. The third kappa shape index (κ3) is 2.58. The second-order valence-electron chi connectivity index (χ2n) is 9.56. The second-order valence-corrected chi connectivity index (χ2v) is 9.56. The van der Waals surface area contributed by atoms with Crippen LogP contribution < -0.4 is 5.43 Å². The van der Waals surface area contributed by atoms with E-state index < -0.39 is 11.4 Å². The van der Waals surface area contributed by atoms with Crippen LogP contribution in [0.3, 0.4) is 0 Å². The predicted octanol–water partition coefficient (Wildman–Crippen LogP) is 4.88. The van der Waals surface area contributed by atoms with E-state index in [4.69, 9.17) is 0 Å². The lowest BCUT2D eigenvalue weighted by Crippen LogP contribution is -2.32. The van der Waals surface area contributed by atoms with Gasteiger partial charge in [-0.3, -0.25) is 4.79 Å². The van der Waals surface area contributed by atoms with Crippen LogP contribution in [0.1, 0.15) is 84.7 Å². The molecular weight excluding hydrogens is 350 g/mol. The number of pyridine rings is 1. The summed E-state index contributed by atoms with van der Waals surface area (Å²) in [7, 11) is 0.